The third-order valence-corrected chi connectivity index (χ3v) is 5.77. The van der Waals surface area contributed by atoms with Crippen molar-refractivity contribution >= 4 is 33.0 Å². The molecule has 0 aliphatic heterocycles. The van der Waals surface area contributed by atoms with Gasteiger partial charge in [0.05, 0.1) is 11.2 Å². The topological polar surface area (TPSA) is 126 Å². The Hall–Kier alpha value is -3.59. The second-order valence-electron chi connectivity index (χ2n) is 6.92. The molecule has 31 heavy (non-hydrogen) atoms. The van der Waals surface area contributed by atoms with E-state index in [2.05, 4.69) is 15.3 Å². The highest BCUT2D eigenvalue weighted by atomic mass is 32.2. The van der Waals surface area contributed by atoms with Crippen LogP contribution in [-0.4, -0.2) is 42.1 Å². The van der Waals surface area contributed by atoms with Crippen LogP contribution in [0.2, 0.25) is 0 Å². The Kier molecular flexibility index (Phi) is 6.45. The van der Waals surface area contributed by atoms with Gasteiger partial charge in [0, 0.05) is 30.3 Å². The van der Waals surface area contributed by atoms with Crippen LogP contribution in [0.1, 0.15) is 50.2 Å². The Morgan fingerprint density at radius 1 is 1.00 bits per heavy atom. The molecule has 9 heteroatoms. The van der Waals surface area contributed by atoms with Crippen LogP contribution in [0, 0.1) is 0 Å². The van der Waals surface area contributed by atoms with Crippen LogP contribution in [0.25, 0.3) is 0 Å². The number of hydrogen-bond donors (Lipinski definition) is 2. The molecule has 0 unspecified atom stereocenters. The van der Waals surface area contributed by atoms with Crippen molar-refractivity contribution < 1.29 is 22.8 Å². The first-order chi connectivity index (χ1) is 14.7. The van der Waals surface area contributed by atoms with Gasteiger partial charge in [-0.2, -0.15) is 0 Å². The van der Waals surface area contributed by atoms with Gasteiger partial charge < -0.3 is 10.3 Å². The average molecular weight is 439 g/mol. The fourth-order valence-corrected chi connectivity index (χ4v) is 3.95. The molecule has 0 saturated carbocycles. The summed E-state index contributed by atoms with van der Waals surface area (Å²) in [6.45, 7) is 1.69. The van der Waals surface area contributed by atoms with Crippen LogP contribution >= 0.6 is 0 Å². The van der Waals surface area contributed by atoms with E-state index in [1.807, 2.05) is 0 Å². The Balaban J connectivity index is 1.72. The maximum absolute atomic E-state index is 12.7. The highest BCUT2D eigenvalue weighted by Crippen LogP contribution is 2.19. The van der Waals surface area contributed by atoms with E-state index >= 15 is 0 Å². The van der Waals surface area contributed by atoms with Gasteiger partial charge in [0.25, 0.3) is 5.91 Å². The van der Waals surface area contributed by atoms with Crippen molar-refractivity contribution in [2.75, 3.05) is 11.6 Å². The van der Waals surface area contributed by atoms with Crippen molar-refractivity contribution in [2.24, 2.45) is 0 Å². The number of nitrogens with zero attached hydrogens (tertiary/aromatic N) is 1. The van der Waals surface area contributed by atoms with Gasteiger partial charge in [-0.05, 0) is 23.8 Å². The lowest BCUT2D eigenvalue weighted by Crippen LogP contribution is -2.16. The standard InChI is InChI=1S/C22H21N3O5S/c1-3-17(26)20-21(24-13-23-20)22(28)25-15-10-8-14(9-11-15)12-18(27)16-6-4-5-7-19(16)31(2,29)30/h4-11,13H,3,12H2,1-2H3,(H,23,24)(H,25,28). The van der Waals surface area contributed by atoms with Crippen molar-refractivity contribution in [1.82, 2.24) is 9.97 Å². The van der Waals surface area contributed by atoms with E-state index in [1.54, 1.807) is 43.3 Å². The zero-order valence-corrected chi connectivity index (χ0v) is 17.8. The summed E-state index contributed by atoms with van der Waals surface area (Å²) >= 11 is 0. The van der Waals surface area contributed by atoms with Crippen molar-refractivity contribution in [3.63, 3.8) is 0 Å². The van der Waals surface area contributed by atoms with Gasteiger partial charge in [-0.3, -0.25) is 14.4 Å². The minimum absolute atomic E-state index is 0.000807. The molecular weight excluding hydrogens is 418 g/mol. The zero-order chi connectivity index (χ0) is 22.6. The van der Waals surface area contributed by atoms with Gasteiger partial charge in [-0.15, -0.1) is 0 Å². The first-order valence-corrected chi connectivity index (χ1v) is 11.4. The van der Waals surface area contributed by atoms with Gasteiger partial charge in [-0.25, -0.2) is 13.4 Å². The number of aromatic nitrogens is 2. The molecule has 1 heterocycles. The molecular formula is C22H21N3O5S. The SMILES string of the molecule is CCC(=O)c1nc[nH]c1C(=O)Nc1ccc(CC(=O)c2ccccc2S(C)(=O)=O)cc1. The van der Waals surface area contributed by atoms with Crippen LogP contribution in [0.15, 0.2) is 59.8 Å². The molecule has 0 aliphatic rings. The number of carbonyl (C=O) groups is 3. The molecule has 0 aliphatic carbocycles. The maximum atomic E-state index is 12.7. The van der Waals surface area contributed by atoms with Gasteiger partial charge in [-0.1, -0.05) is 37.3 Å². The maximum Gasteiger partial charge on any atom is 0.274 e. The summed E-state index contributed by atoms with van der Waals surface area (Å²) in [4.78, 5) is 43.6. The Bertz CT molecular complexity index is 1240. The van der Waals surface area contributed by atoms with Crippen molar-refractivity contribution in [3.05, 3.63) is 77.4 Å². The molecule has 3 rings (SSSR count). The number of sulfone groups is 1. The summed E-state index contributed by atoms with van der Waals surface area (Å²) in [5, 5.41) is 2.68. The van der Waals surface area contributed by atoms with E-state index in [1.165, 1.54) is 18.5 Å². The summed E-state index contributed by atoms with van der Waals surface area (Å²) < 4.78 is 23.8. The van der Waals surface area contributed by atoms with E-state index in [-0.39, 0.29) is 46.3 Å². The summed E-state index contributed by atoms with van der Waals surface area (Å²) in [6.07, 6.45) is 2.60. The number of benzene rings is 2. The largest absolute Gasteiger partial charge is 0.340 e. The molecule has 2 N–H and O–H groups in total. The highest BCUT2D eigenvalue weighted by Gasteiger charge is 2.20. The van der Waals surface area contributed by atoms with Gasteiger partial charge >= 0.3 is 0 Å². The fraction of sp³-hybridized carbons (Fsp3) is 0.182. The van der Waals surface area contributed by atoms with Crippen LogP contribution in [-0.2, 0) is 16.3 Å². The molecule has 0 spiro atoms. The molecule has 0 fully saturated rings. The number of amides is 1. The number of rotatable bonds is 8. The number of aromatic amines is 1. The molecule has 0 saturated heterocycles. The third-order valence-electron chi connectivity index (χ3n) is 4.62. The summed E-state index contributed by atoms with van der Waals surface area (Å²) in [5.74, 6) is -1.06. The number of anilines is 1. The fourth-order valence-electron chi connectivity index (χ4n) is 3.05. The Morgan fingerprint density at radius 3 is 2.32 bits per heavy atom. The molecule has 8 nitrogen and oxygen atoms in total. The minimum Gasteiger partial charge on any atom is -0.340 e. The highest BCUT2D eigenvalue weighted by molar-refractivity contribution is 7.90. The predicted octanol–water partition coefficient (Wildman–Crippen LogP) is 3.08. The molecule has 3 aromatic rings. The first kappa shape index (κ1) is 22.1. The van der Waals surface area contributed by atoms with E-state index in [0.29, 0.717) is 11.3 Å². The molecule has 160 valence electrons. The molecule has 1 aromatic heterocycles. The molecule has 1 amide bonds. The van der Waals surface area contributed by atoms with Crippen molar-refractivity contribution in [1.29, 1.82) is 0 Å². The van der Waals surface area contributed by atoms with Gasteiger partial charge in [0.2, 0.25) is 0 Å². The summed E-state index contributed by atoms with van der Waals surface area (Å²) in [7, 11) is -3.52. The molecule has 0 atom stereocenters. The average Bonchev–Trinajstić information content (AvgIpc) is 3.24. The quantitative estimate of drug-likeness (QED) is 0.520. The Morgan fingerprint density at radius 2 is 1.68 bits per heavy atom. The normalized spacial score (nSPS) is 11.2. The van der Waals surface area contributed by atoms with E-state index in [4.69, 9.17) is 0 Å². The van der Waals surface area contributed by atoms with Crippen LogP contribution in [0.3, 0.4) is 0 Å². The van der Waals surface area contributed by atoms with Gasteiger partial charge in [0.15, 0.2) is 21.4 Å². The number of nitrogens with one attached hydrogen (secondary N) is 2. The zero-order valence-electron chi connectivity index (χ0n) is 17.0. The second kappa shape index (κ2) is 9.05. The van der Waals surface area contributed by atoms with Gasteiger partial charge in [0.1, 0.15) is 11.4 Å². The second-order valence-corrected chi connectivity index (χ2v) is 8.91. The monoisotopic (exact) mass is 439 g/mol. The minimum atomic E-state index is -3.52. The molecule has 0 bridgehead atoms. The molecule has 0 radical (unpaired) electrons. The van der Waals surface area contributed by atoms with E-state index < -0.39 is 15.7 Å². The number of imidazole rings is 1. The Labute approximate surface area is 179 Å². The summed E-state index contributed by atoms with van der Waals surface area (Å²) in [6, 6.07) is 12.7. The van der Waals surface area contributed by atoms with Crippen molar-refractivity contribution in [2.45, 2.75) is 24.7 Å². The number of ketones is 2. The number of hydrogen-bond acceptors (Lipinski definition) is 6. The first-order valence-electron chi connectivity index (χ1n) is 9.50. The van der Waals surface area contributed by atoms with E-state index in [9.17, 15) is 22.8 Å². The third kappa shape index (κ3) is 5.13. The lowest BCUT2D eigenvalue weighted by atomic mass is 10.0. The number of H-pyrrole nitrogens is 1. The van der Waals surface area contributed by atoms with Crippen LogP contribution in [0.4, 0.5) is 5.69 Å². The van der Waals surface area contributed by atoms with Crippen LogP contribution in [0.5, 0.6) is 0 Å². The lowest BCUT2D eigenvalue weighted by Gasteiger charge is -2.08. The number of carbonyl (C=O) groups excluding carboxylic acids is 3. The smallest absolute Gasteiger partial charge is 0.274 e. The predicted molar refractivity (Wildman–Crippen MR) is 115 cm³/mol. The number of Topliss-reactive ketones (excluding diaryl/α,β-unsaturated/α-hetero) is 2. The van der Waals surface area contributed by atoms with Crippen LogP contribution < -0.4 is 5.32 Å². The molecule has 2 aromatic carbocycles. The summed E-state index contributed by atoms with van der Waals surface area (Å²) in [5.41, 5.74) is 1.46. The lowest BCUT2D eigenvalue weighted by molar-refractivity contribution is 0.0963. The van der Waals surface area contributed by atoms with Crippen molar-refractivity contribution in [3.8, 4) is 0 Å². The van der Waals surface area contributed by atoms with E-state index in [0.717, 1.165) is 6.26 Å².